The van der Waals surface area contributed by atoms with Crippen LogP contribution in [0, 0.1) is 5.92 Å². The molecule has 2 aromatic heterocycles. The lowest BCUT2D eigenvalue weighted by Gasteiger charge is -2.49. The Morgan fingerprint density at radius 3 is 2.61 bits per heavy atom. The number of hydrogen-bond acceptors (Lipinski definition) is 7. The van der Waals surface area contributed by atoms with Gasteiger partial charge in [0.1, 0.15) is 0 Å². The molecule has 5 rings (SSSR count). The zero-order valence-electron chi connectivity index (χ0n) is 23.2. The smallest absolute Gasteiger partial charge is 0.351 e. The topological polar surface area (TPSA) is 81.3 Å². The Bertz CT molecular complexity index is 1300. The number of piperazine rings is 1. The van der Waals surface area contributed by atoms with E-state index in [0.717, 1.165) is 50.4 Å². The molecule has 0 radical (unpaired) electrons. The number of hydrogen-bond donors (Lipinski definition) is 0. The summed E-state index contributed by atoms with van der Waals surface area (Å²) in [5.74, 6) is 1.19. The molecule has 38 heavy (non-hydrogen) atoms. The molecule has 4 atom stereocenters. The summed E-state index contributed by atoms with van der Waals surface area (Å²) in [5.41, 5.74) is 2.40. The second-order valence-electron chi connectivity index (χ2n) is 11.3. The van der Waals surface area contributed by atoms with E-state index in [9.17, 15) is 4.79 Å². The third-order valence-electron chi connectivity index (χ3n) is 8.10. The molecule has 206 valence electrons. The Morgan fingerprint density at radius 1 is 1.18 bits per heavy atom. The molecule has 0 amide bonds. The number of aryl methyl sites for hydroxylation is 1. The largest absolute Gasteiger partial charge is 0.376 e. The summed E-state index contributed by atoms with van der Waals surface area (Å²) in [7, 11) is 1.75. The average molecular weight is 542 g/mol. The molecule has 0 N–H and O–H groups in total. The molecule has 3 aromatic rings. The van der Waals surface area contributed by atoms with Crippen molar-refractivity contribution in [3.63, 3.8) is 0 Å². The first-order valence-corrected chi connectivity index (χ1v) is 14.3. The van der Waals surface area contributed by atoms with Crippen LogP contribution in [0.3, 0.4) is 0 Å². The summed E-state index contributed by atoms with van der Waals surface area (Å²) < 4.78 is 9.20. The summed E-state index contributed by atoms with van der Waals surface area (Å²) in [4.78, 5) is 22.5. The number of rotatable bonds is 8. The minimum Gasteiger partial charge on any atom is -0.376 e. The highest BCUT2D eigenvalue weighted by molar-refractivity contribution is 6.30. The molecule has 2 aliphatic heterocycles. The van der Waals surface area contributed by atoms with E-state index in [4.69, 9.17) is 16.3 Å². The van der Waals surface area contributed by atoms with Gasteiger partial charge in [0.15, 0.2) is 17.0 Å². The van der Waals surface area contributed by atoms with Gasteiger partial charge in [-0.05, 0) is 56.2 Å². The van der Waals surface area contributed by atoms with E-state index in [1.54, 1.807) is 11.6 Å². The molecular weight excluding hydrogens is 502 g/mol. The van der Waals surface area contributed by atoms with Crippen molar-refractivity contribution in [3.05, 3.63) is 45.3 Å². The fourth-order valence-electron chi connectivity index (χ4n) is 6.10. The maximum atomic E-state index is 13.1. The van der Waals surface area contributed by atoms with Crippen LogP contribution >= 0.6 is 11.6 Å². The van der Waals surface area contributed by atoms with Gasteiger partial charge >= 0.3 is 5.69 Å². The fourth-order valence-corrected chi connectivity index (χ4v) is 6.22. The van der Waals surface area contributed by atoms with Gasteiger partial charge < -0.3 is 9.64 Å². The normalized spacial score (nSPS) is 23.6. The van der Waals surface area contributed by atoms with Crippen molar-refractivity contribution in [1.82, 2.24) is 29.4 Å². The molecule has 4 heterocycles. The number of nitrogens with zero attached hydrogens (tertiary/aromatic N) is 7. The standard InChI is InChI=1S/C28H40ClN7O2/c1-6-22-16-34(19(4)15-35(22)24(14-18(2)3)20-9-11-21(29)12-10-20)26-25-27(33(5)28(37)30-26)36(32-31-25)17-23-8-7-13-38-23/h9-12,18-19,22-24H,6-8,13-17H2,1-5H3/t19-,22+,23+,24?/m0/s1. The van der Waals surface area contributed by atoms with Crippen LogP contribution in [0.5, 0.6) is 0 Å². The Balaban J connectivity index is 1.48. The first kappa shape index (κ1) is 27.1. The summed E-state index contributed by atoms with van der Waals surface area (Å²) in [6.45, 7) is 12.0. The zero-order chi connectivity index (χ0) is 27.0. The Labute approximate surface area is 229 Å². The Morgan fingerprint density at radius 2 is 1.95 bits per heavy atom. The number of ether oxygens (including phenoxy) is 1. The van der Waals surface area contributed by atoms with E-state index < -0.39 is 0 Å². The van der Waals surface area contributed by atoms with Crippen molar-refractivity contribution in [2.24, 2.45) is 13.0 Å². The van der Waals surface area contributed by atoms with Crippen LogP contribution in [-0.4, -0.2) is 67.3 Å². The number of aromatic nitrogens is 5. The number of benzene rings is 1. The highest BCUT2D eigenvalue weighted by Crippen LogP contribution is 2.36. The van der Waals surface area contributed by atoms with Crippen molar-refractivity contribution in [3.8, 4) is 0 Å². The molecule has 2 fully saturated rings. The summed E-state index contributed by atoms with van der Waals surface area (Å²) in [6.07, 6.45) is 4.21. The highest BCUT2D eigenvalue weighted by atomic mass is 35.5. The van der Waals surface area contributed by atoms with Crippen molar-refractivity contribution in [2.45, 2.75) is 84.2 Å². The predicted octanol–water partition coefficient (Wildman–Crippen LogP) is 4.43. The number of fused-ring (bicyclic) bond motifs is 1. The SMILES string of the molecule is CC[C@@H]1CN(c2nc(=O)n(C)c3c2nnn3C[C@H]2CCCO2)[C@@H](C)CN1C(CC(C)C)c1ccc(Cl)cc1. The van der Waals surface area contributed by atoms with Crippen molar-refractivity contribution in [1.29, 1.82) is 0 Å². The monoisotopic (exact) mass is 541 g/mol. The zero-order valence-corrected chi connectivity index (χ0v) is 23.9. The van der Waals surface area contributed by atoms with Gasteiger partial charge in [-0.1, -0.05) is 49.7 Å². The van der Waals surface area contributed by atoms with Gasteiger partial charge in [0.25, 0.3) is 0 Å². The van der Waals surface area contributed by atoms with E-state index in [-0.39, 0.29) is 17.8 Å². The minimum atomic E-state index is -0.287. The second-order valence-corrected chi connectivity index (χ2v) is 11.7. The molecule has 0 spiro atoms. The van der Waals surface area contributed by atoms with Crippen LogP contribution in [0.1, 0.15) is 65.0 Å². The fraction of sp³-hybridized carbons (Fsp3) is 0.643. The van der Waals surface area contributed by atoms with Crippen LogP contribution in [0.4, 0.5) is 5.82 Å². The lowest BCUT2D eigenvalue weighted by atomic mass is 9.91. The molecule has 0 saturated carbocycles. The van der Waals surface area contributed by atoms with Gasteiger partial charge in [-0.3, -0.25) is 9.47 Å². The maximum Gasteiger partial charge on any atom is 0.351 e. The van der Waals surface area contributed by atoms with Gasteiger partial charge in [0, 0.05) is 49.9 Å². The number of anilines is 1. The van der Waals surface area contributed by atoms with Gasteiger partial charge in [-0.25, -0.2) is 9.48 Å². The summed E-state index contributed by atoms with van der Waals surface area (Å²) in [6, 6.07) is 9.05. The van der Waals surface area contributed by atoms with E-state index in [1.165, 1.54) is 5.56 Å². The first-order chi connectivity index (χ1) is 18.3. The van der Waals surface area contributed by atoms with Crippen LogP contribution in [0.15, 0.2) is 29.1 Å². The molecule has 0 bridgehead atoms. The lowest BCUT2D eigenvalue weighted by molar-refractivity contribution is 0.0842. The first-order valence-electron chi connectivity index (χ1n) is 14.0. The van der Waals surface area contributed by atoms with Gasteiger partial charge in [-0.15, -0.1) is 5.10 Å². The van der Waals surface area contributed by atoms with Crippen LogP contribution < -0.4 is 10.6 Å². The molecule has 10 heteroatoms. The molecule has 9 nitrogen and oxygen atoms in total. The van der Waals surface area contributed by atoms with E-state index in [0.29, 0.717) is 41.5 Å². The van der Waals surface area contributed by atoms with Crippen molar-refractivity contribution < 1.29 is 4.74 Å². The molecule has 0 aliphatic carbocycles. The Hall–Kier alpha value is -2.49. The summed E-state index contributed by atoms with van der Waals surface area (Å²) in [5, 5.41) is 9.74. The predicted molar refractivity (Wildman–Crippen MR) is 151 cm³/mol. The quantitative estimate of drug-likeness (QED) is 0.417. The maximum absolute atomic E-state index is 13.1. The number of halogens is 1. The van der Waals surface area contributed by atoms with Gasteiger partial charge in [0.05, 0.1) is 12.6 Å². The molecule has 2 aliphatic rings. The van der Waals surface area contributed by atoms with Crippen LogP contribution in [0.2, 0.25) is 5.02 Å². The van der Waals surface area contributed by atoms with Crippen LogP contribution in [-0.2, 0) is 18.3 Å². The average Bonchev–Trinajstić information content (AvgIpc) is 3.56. The third-order valence-corrected chi connectivity index (χ3v) is 8.36. The van der Waals surface area contributed by atoms with Gasteiger partial charge in [0.2, 0.25) is 0 Å². The molecular formula is C28H40ClN7O2. The molecule has 1 unspecified atom stereocenters. The van der Waals surface area contributed by atoms with E-state index >= 15 is 0 Å². The lowest BCUT2D eigenvalue weighted by Crippen LogP contribution is -2.58. The van der Waals surface area contributed by atoms with Crippen molar-refractivity contribution >= 4 is 28.6 Å². The van der Waals surface area contributed by atoms with Gasteiger partial charge in [-0.2, -0.15) is 4.98 Å². The van der Waals surface area contributed by atoms with Crippen LogP contribution in [0.25, 0.3) is 11.2 Å². The molecule has 2 saturated heterocycles. The second kappa shape index (κ2) is 11.3. The van der Waals surface area contributed by atoms with E-state index in [1.807, 2.05) is 16.8 Å². The third kappa shape index (κ3) is 5.33. The van der Waals surface area contributed by atoms with Crippen molar-refractivity contribution in [2.75, 3.05) is 24.6 Å². The minimum absolute atomic E-state index is 0.101. The Kier molecular flexibility index (Phi) is 8.07. The van der Waals surface area contributed by atoms with E-state index in [2.05, 4.69) is 64.9 Å². The molecule has 1 aromatic carbocycles. The highest BCUT2D eigenvalue weighted by Gasteiger charge is 2.37. The summed E-state index contributed by atoms with van der Waals surface area (Å²) >= 11 is 6.22.